The second-order valence-corrected chi connectivity index (χ2v) is 36.8. The van der Waals surface area contributed by atoms with Crippen LogP contribution in [0.2, 0.25) is 0 Å². The van der Waals surface area contributed by atoms with Gasteiger partial charge in [0, 0.05) is 68.2 Å². The third kappa shape index (κ3) is 13.4. The second kappa shape index (κ2) is 33.3. The van der Waals surface area contributed by atoms with E-state index in [1.165, 1.54) is 100 Å². The van der Waals surface area contributed by atoms with Crippen LogP contribution >= 0.6 is 0 Å². The van der Waals surface area contributed by atoms with E-state index in [1.807, 2.05) is 36.4 Å². The number of hydrogen-bond donors (Lipinski definition) is 0. The Kier molecular flexibility index (Phi) is 20.2. The van der Waals surface area contributed by atoms with Crippen LogP contribution in [0.15, 0.2) is 474 Å². The third-order valence-corrected chi connectivity index (χ3v) is 29.3. The minimum atomic E-state index is -0.864. The summed E-state index contributed by atoms with van der Waals surface area (Å²) in [6.45, 7) is 17.2. The number of anilines is 12. The Bertz CT molecular complexity index is 7670. The Balaban J connectivity index is 0.644. The highest BCUT2D eigenvalue weighted by Crippen LogP contribution is 2.66. The maximum Gasteiger partial charge on any atom is 0.123 e. The monoisotopic (exact) mass is 1760 g/mol. The Hall–Kier alpha value is -17.1. The Labute approximate surface area is 799 Å². The molecule has 0 amide bonds. The molecule has 0 fully saturated rings. The van der Waals surface area contributed by atoms with Crippen LogP contribution in [0.4, 0.5) is 77.0 Å². The van der Waals surface area contributed by atoms with E-state index >= 15 is 8.78 Å². The van der Waals surface area contributed by atoms with Gasteiger partial charge >= 0.3 is 0 Å². The number of aryl methyl sites for hydroxylation is 4. The minimum absolute atomic E-state index is 0.327. The quantitative estimate of drug-likeness (QED) is 0.0754. The SMILES string of the molecule is C=Cc1ccc(C2(c3cc(C)ccc3C)c3ccccc3-c3ccc(N(c4ccc(-c5ccccc5)cc4)c4ccc(N(c5ccc(F)cc5)c5ccc6c(c5)C5(c7ccccc7-6)c6ccccc6-c6ccc(N(c7ccc(F)cc7)c7ccc(N(c8ccc(-c9ccccc9)cc8)c8ccc9c(c8)C(c8ccc(C=C)cc8)(c8cc(C)ccc8C)c8ccccc8-9)cc7)cc65)cc4)cc32)cc1. The van der Waals surface area contributed by atoms with Gasteiger partial charge in [0.2, 0.25) is 0 Å². The van der Waals surface area contributed by atoms with E-state index in [-0.39, 0.29) is 11.6 Å². The van der Waals surface area contributed by atoms with Crippen molar-refractivity contribution in [3.05, 3.63) is 586 Å². The third-order valence-electron chi connectivity index (χ3n) is 29.3. The average molecular weight is 1760 g/mol. The molecule has 4 aliphatic rings. The Morgan fingerprint density at radius 3 is 0.701 bits per heavy atom. The average Bonchev–Trinajstić information content (AvgIpc) is 1.50. The van der Waals surface area contributed by atoms with Crippen molar-refractivity contribution in [2.75, 3.05) is 19.6 Å². The lowest BCUT2D eigenvalue weighted by atomic mass is 9.66. The number of benzene rings is 20. The van der Waals surface area contributed by atoms with Gasteiger partial charge in [-0.3, -0.25) is 0 Å². The van der Waals surface area contributed by atoms with Crippen molar-refractivity contribution in [2.24, 2.45) is 0 Å². The molecule has 1 spiro atoms. The first kappa shape index (κ1) is 83.0. The normalized spacial score (nSPS) is 15.2. The van der Waals surface area contributed by atoms with E-state index in [0.29, 0.717) is 0 Å². The molecular formula is C131H94F2N4. The highest BCUT2D eigenvalue weighted by atomic mass is 19.1. The summed E-state index contributed by atoms with van der Waals surface area (Å²) >= 11 is 0. The number of halogens is 2. The molecule has 652 valence electrons. The maximum absolute atomic E-state index is 15.7. The van der Waals surface area contributed by atoms with Crippen LogP contribution in [0.5, 0.6) is 0 Å². The molecule has 2 unspecified atom stereocenters. The predicted molar refractivity (Wildman–Crippen MR) is 566 cm³/mol. The van der Waals surface area contributed by atoms with E-state index in [2.05, 4.69) is 473 Å². The van der Waals surface area contributed by atoms with Crippen LogP contribution in [0.3, 0.4) is 0 Å². The number of nitrogens with zero attached hydrogens (tertiary/aromatic N) is 4. The lowest BCUT2D eigenvalue weighted by molar-refractivity contribution is 0.627. The summed E-state index contributed by atoms with van der Waals surface area (Å²) in [6, 6.07) is 166. The summed E-state index contributed by atoms with van der Waals surface area (Å²) in [5.74, 6) is -0.655. The van der Waals surface area contributed by atoms with E-state index in [1.54, 1.807) is 24.3 Å². The van der Waals surface area contributed by atoms with Gasteiger partial charge in [0.1, 0.15) is 11.6 Å². The molecule has 4 aliphatic carbocycles. The summed E-state index contributed by atoms with van der Waals surface area (Å²) in [5.41, 5.74) is 43.8. The molecule has 0 saturated heterocycles. The van der Waals surface area contributed by atoms with Crippen LogP contribution in [0.1, 0.15) is 100 Å². The van der Waals surface area contributed by atoms with Gasteiger partial charge in [-0.1, -0.05) is 328 Å². The molecule has 137 heavy (non-hydrogen) atoms. The number of fused-ring (bicyclic) bond motifs is 16. The summed E-state index contributed by atoms with van der Waals surface area (Å²) in [6.07, 6.45) is 3.84. The summed E-state index contributed by atoms with van der Waals surface area (Å²) in [4.78, 5) is 9.33. The molecule has 0 radical (unpaired) electrons. The fraction of sp³-hybridized carbons (Fsp3) is 0.0534. The predicted octanol–water partition coefficient (Wildman–Crippen LogP) is 34.8. The van der Waals surface area contributed by atoms with E-state index in [9.17, 15) is 0 Å². The zero-order valence-electron chi connectivity index (χ0n) is 76.5. The maximum atomic E-state index is 15.7. The lowest BCUT2D eigenvalue weighted by Crippen LogP contribution is -2.30. The van der Waals surface area contributed by atoms with Crippen molar-refractivity contribution in [1.29, 1.82) is 0 Å². The topological polar surface area (TPSA) is 13.0 Å². The highest BCUT2D eigenvalue weighted by Gasteiger charge is 2.54. The van der Waals surface area contributed by atoms with Crippen LogP contribution < -0.4 is 19.6 Å². The van der Waals surface area contributed by atoms with Crippen molar-refractivity contribution in [2.45, 2.75) is 43.9 Å². The van der Waals surface area contributed by atoms with Crippen molar-refractivity contribution in [3.8, 4) is 66.8 Å². The lowest BCUT2D eigenvalue weighted by Gasteiger charge is -2.36. The molecule has 0 heterocycles. The van der Waals surface area contributed by atoms with Crippen molar-refractivity contribution in [3.63, 3.8) is 0 Å². The van der Waals surface area contributed by atoms with E-state index in [4.69, 9.17) is 0 Å². The van der Waals surface area contributed by atoms with Gasteiger partial charge in [0.05, 0.1) is 16.2 Å². The van der Waals surface area contributed by atoms with E-state index in [0.717, 1.165) is 135 Å². The Morgan fingerprint density at radius 1 is 0.190 bits per heavy atom. The molecule has 0 saturated carbocycles. The smallest absolute Gasteiger partial charge is 0.123 e. The molecule has 0 bridgehead atoms. The molecule has 0 N–H and O–H groups in total. The van der Waals surface area contributed by atoms with Gasteiger partial charge in [-0.15, -0.1) is 0 Å². The van der Waals surface area contributed by atoms with Gasteiger partial charge in [0.15, 0.2) is 0 Å². The van der Waals surface area contributed by atoms with Crippen LogP contribution in [-0.4, -0.2) is 0 Å². The second-order valence-electron chi connectivity index (χ2n) is 36.8. The van der Waals surface area contributed by atoms with E-state index < -0.39 is 16.2 Å². The van der Waals surface area contributed by atoms with Gasteiger partial charge < -0.3 is 19.6 Å². The minimum Gasteiger partial charge on any atom is -0.310 e. The molecule has 0 aliphatic heterocycles. The van der Waals surface area contributed by atoms with Crippen molar-refractivity contribution < 1.29 is 8.78 Å². The molecule has 20 aromatic carbocycles. The summed E-state index contributed by atoms with van der Waals surface area (Å²) in [5, 5.41) is 0. The molecular weight excluding hydrogens is 1670 g/mol. The van der Waals surface area contributed by atoms with Crippen LogP contribution in [0, 0.1) is 39.3 Å². The van der Waals surface area contributed by atoms with Gasteiger partial charge in [-0.2, -0.15) is 0 Å². The first-order chi connectivity index (χ1) is 67.3. The standard InChI is InChI=1S/C131H94F2N4/c1-7-89-39-47-95(48-40-89)129(123-79-85(3)35-37-87(123)5)119-31-19-15-27-111(119)115-75-71-107(81-125(115)129)134(99-55-43-93(44-56-99)91-23-11-9-12-24-91)103-63-67-105(68-64-103)136(101-59-51-97(132)52-60-101)109-73-77-117-113-29-17-21-33-121(113)131(127(117)83-109)122-34-22-18-30-114(122)118-78-74-110(84-128(118)131)137(102-61-53-98(133)54-62-102)106-69-65-104(66-70-106)135(100-57-45-94(46-58-100)92-25-13-10-14-26-92)108-72-76-116-112-28-16-20-32-120(112)130(126(116)82-108,96-49-41-90(8-2)42-50-96)124-80-86(4)36-38-88(124)6/h7-84H,1-2H2,3-6H3. The highest BCUT2D eigenvalue weighted by molar-refractivity contribution is 6.00. The largest absolute Gasteiger partial charge is 0.310 e. The molecule has 2 atom stereocenters. The van der Waals surface area contributed by atoms with Crippen molar-refractivity contribution >= 4 is 80.4 Å². The zero-order chi connectivity index (χ0) is 92.4. The zero-order valence-corrected chi connectivity index (χ0v) is 76.5. The van der Waals surface area contributed by atoms with Crippen LogP contribution in [-0.2, 0) is 16.2 Å². The fourth-order valence-electron chi connectivity index (χ4n) is 23.1. The first-order valence-corrected chi connectivity index (χ1v) is 47.1. The van der Waals surface area contributed by atoms with Gasteiger partial charge in [-0.05, 0) is 353 Å². The number of hydrogen-bond acceptors (Lipinski definition) is 4. The Morgan fingerprint density at radius 2 is 0.416 bits per heavy atom. The van der Waals surface area contributed by atoms with Gasteiger partial charge in [-0.25, -0.2) is 8.78 Å². The molecule has 6 heteroatoms. The first-order valence-electron chi connectivity index (χ1n) is 47.1. The molecule has 24 rings (SSSR count). The van der Waals surface area contributed by atoms with Crippen LogP contribution in [0.25, 0.3) is 78.9 Å². The molecule has 4 nitrogen and oxygen atoms in total. The summed E-state index contributed by atoms with van der Waals surface area (Å²) in [7, 11) is 0. The van der Waals surface area contributed by atoms with Crippen molar-refractivity contribution in [1.82, 2.24) is 0 Å². The van der Waals surface area contributed by atoms with Gasteiger partial charge in [0.25, 0.3) is 0 Å². The number of rotatable bonds is 20. The molecule has 0 aromatic heterocycles. The molecule has 20 aromatic rings. The summed E-state index contributed by atoms with van der Waals surface area (Å²) < 4.78 is 31.5. The fourth-order valence-corrected chi connectivity index (χ4v) is 23.1.